The van der Waals surface area contributed by atoms with Gasteiger partial charge in [-0.2, -0.15) is 0 Å². The highest BCUT2D eigenvalue weighted by Gasteiger charge is 2.11. The molecule has 0 amide bonds. The summed E-state index contributed by atoms with van der Waals surface area (Å²) in [6.45, 7) is 8.92. The normalized spacial score (nSPS) is 16.2. The third-order valence-corrected chi connectivity index (χ3v) is 2.53. The van der Waals surface area contributed by atoms with E-state index in [0.717, 1.165) is 19.5 Å². The SMILES string of the molecule is CCCN(CCC)C1=NC=C(C)CC1. The monoisotopic (exact) mass is 194 g/mol. The predicted molar refractivity (Wildman–Crippen MR) is 62.6 cm³/mol. The van der Waals surface area contributed by atoms with Crippen LogP contribution in [0, 0.1) is 0 Å². The molecule has 1 aliphatic heterocycles. The van der Waals surface area contributed by atoms with Gasteiger partial charge in [-0.1, -0.05) is 19.4 Å². The van der Waals surface area contributed by atoms with Gasteiger partial charge in [-0.05, 0) is 26.2 Å². The largest absolute Gasteiger partial charge is 0.360 e. The second kappa shape index (κ2) is 5.84. The lowest BCUT2D eigenvalue weighted by Gasteiger charge is -2.26. The minimum Gasteiger partial charge on any atom is -0.360 e. The van der Waals surface area contributed by atoms with E-state index in [0.29, 0.717) is 0 Å². The van der Waals surface area contributed by atoms with Crippen LogP contribution in [-0.2, 0) is 0 Å². The Morgan fingerprint density at radius 1 is 1.21 bits per heavy atom. The summed E-state index contributed by atoms with van der Waals surface area (Å²) in [7, 11) is 0. The first-order valence-corrected chi connectivity index (χ1v) is 5.75. The van der Waals surface area contributed by atoms with Crippen molar-refractivity contribution < 1.29 is 0 Å². The van der Waals surface area contributed by atoms with Crippen LogP contribution in [0.2, 0.25) is 0 Å². The summed E-state index contributed by atoms with van der Waals surface area (Å²) >= 11 is 0. The van der Waals surface area contributed by atoms with Crippen LogP contribution in [0.25, 0.3) is 0 Å². The number of hydrogen-bond acceptors (Lipinski definition) is 2. The van der Waals surface area contributed by atoms with Crippen LogP contribution in [0.5, 0.6) is 0 Å². The molecule has 0 saturated carbocycles. The molecule has 2 nitrogen and oxygen atoms in total. The summed E-state index contributed by atoms with van der Waals surface area (Å²) < 4.78 is 0. The number of nitrogens with zero attached hydrogens (tertiary/aromatic N) is 2. The summed E-state index contributed by atoms with van der Waals surface area (Å²) in [6.07, 6.45) is 6.76. The minimum absolute atomic E-state index is 1.13. The maximum atomic E-state index is 4.53. The first kappa shape index (κ1) is 11.3. The Kier molecular flexibility index (Phi) is 4.71. The van der Waals surface area contributed by atoms with Crippen LogP contribution in [0.1, 0.15) is 46.5 Å². The Balaban J connectivity index is 2.58. The predicted octanol–water partition coefficient (Wildman–Crippen LogP) is 3.20. The summed E-state index contributed by atoms with van der Waals surface area (Å²) in [5.74, 6) is 1.29. The van der Waals surface area contributed by atoms with Crippen molar-refractivity contribution >= 4 is 5.84 Å². The van der Waals surface area contributed by atoms with Gasteiger partial charge in [-0.25, -0.2) is 4.99 Å². The molecule has 0 spiro atoms. The van der Waals surface area contributed by atoms with Crippen molar-refractivity contribution in [2.45, 2.75) is 46.5 Å². The lowest BCUT2D eigenvalue weighted by molar-refractivity contribution is 0.407. The molecule has 80 valence electrons. The molecule has 1 aliphatic rings. The van der Waals surface area contributed by atoms with Crippen molar-refractivity contribution in [2.75, 3.05) is 13.1 Å². The Hall–Kier alpha value is -0.790. The van der Waals surface area contributed by atoms with Crippen LogP contribution >= 0.6 is 0 Å². The smallest absolute Gasteiger partial charge is 0.104 e. The lowest BCUT2D eigenvalue weighted by Crippen LogP contribution is -2.33. The average molecular weight is 194 g/mol. The van der Waals surface area contributed by atoms with Crippen LogP contribution in [0.15, 0.2) is 16.8 Å². The highest BCUT2D eigenvalue weighted by atomic mass is 15.2. The number of rotatable bonds is 4. The van der Waals surface area contributed by atoms with Gasteiger partial charge in [0.15, 0.2) is 0 Å². The van der Waals surface area contributed by atoms with E-state index in [1.165, 1.54) is 30.7 Å². The molecule has 0 bridgehead atoms. The maximum Gasteiger partial charge on any atom is 0.104 e. The Morgan fingerprint density at radius 2 is 1.86 bits per heavy atom. The number of aliphatic imine (C=N–C) groups is 1. The van der Waals surface area contributed by atoms with Gasteiger partial charge in [-0.3, -0.25) is 0 Å². The van der Waals surface area contributed by atoms with Gasteiger partial charge in [0.05, 0.1) is 0 Å². The van der Waals surface area contributed by atoms with E-state index in [-0.39, 0.29) is 0 Å². The maximum absolute atomic E-state index is 4.53. The molecule has 0 atom stereocenters. The van der Waals surface area contributed by atoms with E-state index in [4.69, 9.17) is 0 Å². The van der Waals surface area contributed by atoms with E-state index >= 15 is 0 Å². The van der Waals surface area contributed by atoms with Crippen LogP contribution in [0.4, 0.5) is 0 Å². The highest BCUT2D eigenvalue weighted by molar-refractivity contribution is 5.83. The zero-order valence-electron chi connectivity index (χ0n) is 9.71. The Morgan fingerprint density at radius 3 is 2.29 bits per heavy atom. The first-order valence-electron chi connectivity index (χ1n) is 5.75. The van der Waals surface area contributed by atoms with Gasteiger partial charge in [-0.15, -0.1) is 0 Å². The van der Waals surface area contributed by atoms with Crippen molar-refractivity contribution in [3.63, 3.8) is 0 Å². The number of amidine groups is 1. The van der Waals surface area contributed by atoms with E-state index in [9.17, 15) is 0 Å². The number of hydrogen-bond donors (Lipinski definition) is 0. The topological polar surface area (TPSA) is 15.6 Å². The molecule has 0 unspecified atom stereocenters. The fourth-order valence-electron chi connectivity index (χ4n) is 1.77. The molecule has 1 rings (SSSR count). The molecule has 0 aromatic carbocycles. The molecule has 0 aromatic heterocycles. The van der Waals surface area contributed by atoms with Crippen molar-refractivity contribution in [2.24, 2.45) is 4.99 Å². The summed E-state index contributed by atoms with van der Waals surface area (Å²) in [5.41, 5.74) is 1.40. The van der Waals surface area contributed by atoms with E-state index < -0.39 is 0 Å². The van der Waals surface area contributed by atoms with E-state index in [1.54, 1.807) is 0 Å². The second-order valence-corrected chi connectivity index (χ2v) is 4.01. The summed E-state index contributed by atoms with van der Waals surface area (Å²) in [5, 5.41) is 0. The highest BCUT2D eigenvalue weighted by Crippen LogP contribution is 2.14. The quantitative estimate of drug-likeness (QED) is 0.671. The summed E-state index contributed by atoms with van der Waals surface area (Å²) in [6, 6.07) is 0. The van der Waals surface area contributed by atoms with Crippen molar-refractivity contribution in [1.29, 1.82) is 0 Å². The van der Waals surface area contributed by atoms with Gasteiger partial charge in [0.2, 0.25) is 0 Å². The molecule has 14 heavy (non-hydrogen) atoms. The summed E-state index contributed by atoms with van der Waals surface area (Å²) in [4.78, 5) is 6.96. The third kappa shape index (κ3) is 3.17. The molecular weight excluding hydrogens is 172 g/mol. The van der Waals surface area contributed by atoms with Gasteiger partial charge in [0.1, 0.15) is 5.84 Å². The first-order chi connectivity index (χ1) is 6.77. The van der Waals surface area contributed by atoms with Crippen molar-refractivity contribution in [3.8, 4) is 0 Å². The van der Waals surface area contributed by atoms with Gasteiger partial charge >= 0.3 is 0 Å². The molecule has 0 N–H and O–H groups in total. The van der Waals surface area contributed by atoms with E-state index in [2.05, 4.69) is 30.7 Å². The Bertz CT molecular complexity index is 222. The fourth-order valence-corrected chi connectivity index (χ4v) is 1.77. The van der Waals surface area contributed by atoms with Gasteiger partial charge < -0.3 is 4.90 Å². The second-order valence-electron chi connectivity index (χ2n) is 4.01. The fraction of sp³-hybridized carbons (Fsp3) is 0.750. The molecule has 0 aromatic rings. The molecular formula is C12H22N2. The molecule has 2 heteroatoms. The molecule has 0 aliphatic carbocycles. The van der Waals surface area contributed by atoms with Crippen LogP contribution < -0.4 is 0 Å². The molecule has 1 heterocycles. The van der Waals surface area contributed by atoms with Crippen LogP contribution in [-0.4, -0.2) is 23.8 Å². The standard InChI is InChI=1S/C12H22N2/c1-4-8-14(9-5-2)12-7-6-11(3)10-13-12/h10H,4-9H2,1-3H3. The lowest BCUT2D eigenvalue weighted by atomic mass is 10.1. The van der Waals surface area contributed by atoms with Crippen molar-refractivity contribution in [3.05, 3.63) is 11.8 Å². The molecule has 0 saturated heterocycles. The number of allylic oxidation sites excluding steroid dienone is 1. The van der Waals surface area contributed by atoms with Crippen LogP contribution in [0.3, 0.4) is 0 Å². The zero-order chi connectivity index (χ0) is 10.4. The van der Waals surface area contributed by atoms with Gasteiger partial charge in [0.25, 0.3) is 0 Å². The van der Waals surface area contributed by atoms with Crippen molar-refractivity contribution in [1.82, 2.24) is 4.90 Å². The average Bonchev–Trinajstić information content (AvgIpc) is 2.19. The zero-order valence-corrected chi connectivity index (χ0v) is 9.71. The molecule has 0 radical (unpaired) electrons. The Labute approximate surface area is 87.7 Å². The molecule has 0 fully saturated rings. The minimum atomic E-state index is 1.13. The van der Waals surface area contributed by atoms with Gasteiger partial charge in [0, 0.05) is 25.7 Å². The third-order valence-electron chi connectivity index (χ3n) is 2.53. The van der Waals surface area contributed by atoms with E-state index in [1.807, 2.05) is 6.20 Å².